The van der Waals surface area contributed by atoms with Crippen molar-refractivity contribution in [2.45, 2.75) is 5.75 Å². The smallest absolute Gasteiger partial charge is 0.335 e. The number of carboxylic acid groups (broad SMARTS) is 1. The molecule has 2 N–H and O–H groups in total. The van der Waals surface area contributed by atoms with Crippen LogP contribution in [0.25, 0.3) is 0 Å². The molecule has 0 amide bonds. The molecule has 0 radical (unpaired) electrons. The standard InChI is InChI=1S/C8H8O5S/c9-8(10)7-3-1-2-6(4-7)5-14-13-12-11/h1-4,11H,5H2,(H,9,10). The lowest BCUT2D eigenvalue weighted by Gasteiger charge is -2.00. The van der Waals surface area contributed by atoms with Gasteiger partial charge in [0, 0.05) is 17.8 Å². The van der Waals surface area contributed by atoms with Crippen molar-refractivity contribution >= 4 is 18.0 Å². The molecule has 0 atom stereocenters. The van der Waals surface area contributed by atoms with E-state index >= 15 is 0 Å². The summed E-state index contributed by atoms with van der Waals surface area (Å²) in [6.07, 6.45) is 0. The molecule has 5 nitrogen and oxygen atoms in total. The Morgan fingerprint density at radius 3 is 2.93 bits per heavy atom. The van der Waals surface area contributed by atoms with Crippen molar-refractivity contribution in [2.24, 2.45) is 0 Å². The van der Waals surface area contributed by atoms with Crippen LogP contribution in [-0.4, -0.2) is 16.3 Å². The van der Waals surface area contributed by atoms with Gasteiger partial charge in [0.05, 0.1) is 5.56 Å². The first-order valence-electron chi connectivity index (χ1n) is 3.66. The molecule has 0 saturated heterocycles. The molecule has 0 aliphatic heterocycles. The van der Waals surface area contributed by atoms with Crippen LogP contribution >= 0.6 is 12.0 Å². The van der Waals surface area contributed by atoms with Gasteiger partial charge in [-0.3, -0.25) is 0 Å². The molecule has 0 heterocycles. The molecule has 0 aromatic heterocycles. The molecule has 1 aromatic rings. The van der Waals surface area contributed by atoms with Crippen molar-refractivity contribution in [1.29, 1.82) is 0 Å². The summed E-state index contributed by atoms with van der Waals surface area (Å²) >= 11 is 0.862. The third-order valence-electron chi connectivity index (χ3n) is 1.48. The van der Waals surface area contributed by atoms with Gasteiger partial charge < -0.3 is 5.11 Å². The average molecular weight is 216 g/mol. The normalized spacial score (nSPS) is 10.1. The summed E-state index contributed by atoms with van der Waals surface area (Å²) in [5.74, 6) is -0.585. The quantitative estimate of drug-likeness (QED) is 0.339. The summed E-state index contributed by atoms with van der Waals surface area (Å²) < 4.78 is 4.16. The Morgan fingerprint density at radius 2 is 2.29 bits per heavy atom. The maximum atomic E-state index is 10.6. The van der Waals surface area contributed by atoms with Gasteiger partial charge in [0.2, 0.25) is 0 Å². The van der Waals surface area contributed by atoms with Gasteiger partial charge in [0.1, 0.15) is 0 Å². The van der Waals surface area contributed by atoms with Crippen LogP contribution in [-0.2, 0) is 15.1 Å². The highest BCUT2D eigenvalue weighted by Crippen LogP contribution is 2.14. The SMILES string of the molecule is O=C(O)c1cccc(CSOOO)c1. The lowest BCUT2D eigenvalue weighted by atomic mass is 10.1. The van der Waals surface area contributed by atoms with Crippen LogP contribution in [0.1, 0.15) is 15.9 Å². The molecule has 6 heteroatoms. The van der Waals surface area contributed by atoms with Crippen molar-refractivity contribution in [3.05, 3.63) is 35.4 Å². The fraction of sp³-hybridized carbons (Fsp3) is 0.125. The van der Waals surface area contributed by atoms with Crippen LogP contribution < -0.4 is 0 Å². The zero-order chi connectivity index (χ0) is 10.4. The maximum Gasteiger partial charge on any atom is 0.335 e. The van der Waals surface area contributed by atoms with Crippen LogP contribution in [0.15, 0.2) is 24.3 Å². The molecule has 0 aliphatic carbocycles. The first kappa shape index (κ1) is 11.0. The van der Waals surface area contributed by atoms with Gasteiger partial charge in [0.15, 0.2) is 0 Å². The van der Waals surface area contributed by atoms with E-state index in [4.69, 9.17) is 10.4 Å². The van der Waals surface area contributed by atoms with Crippen LogP contribution in [0.4, 0.5) is 0 Å². The van der Waals surface area contributed by atoms with Gasteiger partial charge >= 0.3 is 5.97 Å². The lowest BCUT2D eigenvalue weighted by Crippen LogP contribution is -1.96. The second-order valence-electron chi connectivity index (χ2n) is 2.41. The minimum Gasteiger partial charge on any atom is -0.478 e. The molecule has 0 unspecified atom stereocenters. The fourth-order valence-corrected chi connectivity index (χ4v) is 1.31. The summed E-state index contributed by atoms with van der Waals surface area (Å²) in [5, 5.41) is 19.9. The Bertz CT molecular complexity index is 314. The molecule has 1 aromatic carbocycles. The van der Waals surface area contributed by atoms with Gasteiger partial charge in [-0.1, -0.05) is 17.2 Å². The van der Waals surface area contributed by atoms with Crippen LogP contribution in [0, 0.1) is 0 Å². The number of hydrogen-bond donors (Lipinski definition) is 2. The second-order valence-corrected chi connectivity index (χ2v) is 3.07. The number of carboxylic acids is 1. The number of aromatic carboxylic acids is 1. The van der Waals surface area contributed by atoms with E-state index in [0.29, 0.717) is 5.75 Å². The van der Waals surface area contributed by atoms with E-state index in [2.05, 4.69) is 9.37 Å². The van der Waals surface area contributed by atoms with Crippen LogP contribution in [0.3, 0.4) is 0 Å². The topological polar surface area (TPSA) is 76.0 Å². The number of rotatable bonds is 5. The third kappa shape index (κ3) is 3.35. The maximum absolute atomic E-state index is 10.6. The lowest BCUT2D eigenvalue weighted by molar-refractivity contribution is -0.432. The number of benzene rings is 1. The highest BCUT2D eigenvalue weighted by Gasteiger charge is 2.03. The second kappa shape index (κ2) is 5.61. The zero-order valence-electron chi connectivity index (χ0n) is 7.04. The van der Waals surface area contributed by atoms with Crippen molar-refractivity contribution in [1.82, 2.24) is 0 Å². The van der Waals surface area contributed by atoms with Gasteiger partial charge in [0.25, 0.3) is 0 Å². The van der Waals surface area contributed by atoms with E-state index in [1.165, 1.54) is 12.1 Å². The van der Waals surface area contributed by atoms with Crippen LogP contribution in [0.2, 0.25) is 0 Å². The molecule has 0 bridgehead atoms. The third-order valence-corrected chi connectivity index (χ3v) is 2.09. The Morgan fingerprint density at radius 1 is 1.50 bits per heavy atom. The Hall–Kier alpha value is -1.08. The summed E-state index contributed by atoms with van der Waals surface area (Å²) in [7, 11) is 0. The Balaban J connectivity index is 2.59. The predicted molar refractivity (Wildman–Crippen MR) is 49.5 cm³/mol. The highest BCUT2D eigenvalue weighted by molar-refractivity contribution is 7.93. The molecule has 0 saturated carbocycles. The fourth-order valence-electron chi connectivity index (χ4n) is 0.908. The minimum atomic E-state index is -0.976. The van der Waals surface area contributed by atoms with Gasteiger partial charge in [-0.2, -0.15) is 0 Å². The molecule has 0 spiro atoms. The van der Waals surface area contributed by atoms with Crippen LogP contribution in [0.5, 0.6) is 0 Å². The molecule has 0 aliphatic rings. The monoisotopic (exact) mass is 216 g/mol. The molecule has 14 heavy (non-hydrogen) atoms. The highest BCUT2D eigenvalue weighted by atomic mass is 32.2. The molecule has 1 rings (SSSR count). The summed E-state index contributed by atoms with van der Waals surface area (Å²) in [6.45, 7) is 0. The Labute approximate surface area is 84.3 Å². The van der Waals surface area contributed by atoms with E-state index in [1.807, 2.05) is 0 Å². The van der Waals surface area contributed by atoms with Gasteiger partial charge in [-0.15, -0.1) is 4.33 Å². The Kier molecular flexibility index (Phi) is 4.41. The van der Waals surface area contributed by atoms with E-state index in [0.717, 1.165) is 17.6 Å². The predicted octanol–water partition coefficient (Wildman–Crippen LogP) is 1.95. The largest absolute Gasteiger partial charge is 0.478 e. The van der Waals surface area contributed by atoms with Crippen molar-refractivity contribution in [2.75, 3.05) is 0 Å². The van der Waals surface area contributed by atoms with Crippen molar-refractivity contribution < 1.29 is 24.5 Å². The minimum absolute atomic E-state index is 0.216. The molecular formula is C8H8O5S. The average Bonchev–Trinajstić information content (AvgIpc) is 2.19. The number of carbonyl (C=O) groups is 1. The van der Waals surface area contributed by atoms with Gasteiger partial charge in [-0.25, -0.2) is 10.1 Å². The summed E-state index contributed by atoms with van der Waals surface area (Å²) in [4.78, 5) is 10.6. The zero-order valence-corrected chi connectivity index (χ0v) is 7.86. The van der Waals surface area contributed by atoms with E-state index < -0.39 is 5.97 Å². The van der Waals surface area contributed by atoms with E-state index in [1.54, 1.807) is 12.1 Å². The van der Waals surface area contributed by atoms with E-state index in [-0.39, 0.29) is 5.56 Å². The summed E-state index contributed by atoms with van der Waals surface area (Å²) in [5.41, 5.74) is 0.986. The van der Waals surface area contributed by atoms with Crippen molar-refractivity contribution in [3.8, 4) is 0 Å². The summed E-state index contributed by atoms with van der Waals surface area (Å²) in [6, 6.07) is 6.41. The first-order chi connectivity index (χ1) is 6.74. The molecule has 0 fully saturated rings. The molecule has 76 valence electrons. The first-order valence-corrected chi connectivity index (χ1v) is 4.57. The van der Waals surface area contributed by atoms with Gasteiger partial charge in [-0.05, 0) is 17.7 Å². The van der Waals surface area contributed by atoms with Crippen molar-refractivity contribution in [3.63, 3.8) is 0 Å². The number of hydrogen-bond acceptors (Lipinski definition) is 5. The van der Waals surface area contributed by atoms with E-state index in [9.17, 15) is 4.79 Å². The molecular weight excluding hydrogens is 208 g/mol.